The predicted molar refractivity (Wildman–Crippen MR) is 137 cm³/mol. The smallest absolute Gasteiger partial charge is 0.130 e. The molecule has 0 N–H and O–H groups in total. The van der Waals surface area contributed by atoms with Crippen molar-refractivity contribution in [3.8, 4) is 30.0 Å². The average Bonchev–Trinajstić information content (AvgIpc) is 3.22. The highest BCUT2D eigenvalue weighted by atomic mass is 15.0. The first kappa shape index (κ1) is 21.2. The molecule has 0 spiro atoms. The van der Waals surface area contributed by atoms with Crippen molar-refractivity contribution < 1.29 is 0 Å². The maximum Gasteiger partial charge on any atom is 0.130 e. The lowest BCUT2D eigenvalue weighted by molar-refractivity contribution is 1.20. The first-order valence-corrected chi connectivity index (χ1v) is 10.8. The monoisotopic (exact) mass is 445 g/mol. The molecule has 0 radical (unpaired) electrons. The SMILES string of the molecule is N#CC(C#N)=Cc1ccc2c(c1)c1cc(C=C(C#N)C#N)ccc1n2-c1cccc2ccccc12. The lowest BCUT2D eigenvalue weighted by atomic mass is 10.0. The zero-order valence-electron chi connectivity index (χ0n) is 18.4. The molecule has 0 aliphatic heterocycles. The van der Waals surface area contributed by atoms with E-state index in [1.165, 1.54) is 0 Å². The molecule has 0 unspecified atom stereocenters. The summed E-state index contributed by atoms with van der Waals surface area (Å²) in [4.78, 5) is 0. The summed E-state index contributed by atoms with van der Waals surface area (Å²) in [5, 5.41) is 40.9. The molecule has 0 bridgehead atoms. The normalized spacial score (nSPS) is 10.2. The molecule has 0 saturated carbocycles. The van der Waals surface area contributed by atoms with Crippen LogP contribution in [-0.4, -0.2) is 4.57 Å². The molecule has 4 aromatic carbocycles. The molecule has 0 atom stereocenters. The second-order valence-electron chi connectivity index (χ2n) is 7.95. The van der Waals surface area contributed by atoms with Gasteiger partial charge in [-0.05, 0) is 59.0 Å². The van der Waals surface area contributed by atoms with Gasteiger partial charge in [-0.25, -0.2) is 0 Å². The summed E-state index contributed by atoms with van der Waals surface area (Å²) >= 11 is 0. The Hall–Kier alpha value is -5.62. The van der Waals surface area contributed by atoms with Gasteiger partial charge in [0.25, 0.3) is 0 Å². The van der Waals surface area contributed by atoms with E-state index in [2.05, 4.69) is 28.8 Å². The minimum atomic E-state index is 0.0263. The largest absolute Gasteiger partial charge is 0.309 e. The summed E-state index contributed by atoms with van der Waals surface area (Å²) in [6, 6.07) is 33.7. The van der Waals surface area contributed by atoms with Crippen LogP contribution in [0.3, 0.4) is 0 Å². The van der Waals surface area contributed by atoms with Gasteiger partial charge in [-0.15, -0.1) is 0 Å². The standard InChI is InChI=1S/C30H15N5/c31-16-22(17-32)12-20-8-10-29-26(14-20)27-15-21(13-23(18-33)19-34)9-11-30(27)35(29)28-7-3-5-24-4-1-2-6-25(24)28/h1-15H. The topological polar surface area (TPSA) is 100 Å². The second-order valence-corrected chi connectivity index (χ2v) is 7.95. The van der Waals surface area contributed by atoms with Gasteiger partial charge in [0.2, 0.25) is 0 Å². The van der Waals surface area contributed by atoms with Gasteiger partial charge in [-0.3, -0.25) is 0 Å². The average molecular weight is 445 g/mol. The lowest BCUT2D eigenvalue weighted by Gasteiger charge is -2.11. The van der Waals surface area contributed by atoms with Crippen molar-refractivity contribution in [2.45, 2.75) is 0 Å². The van der Waals surface area contributed by atoms with E-state index in [0.717, 1.165) is 49.4 Å². The zero-order valence-corrected chi connectivity index (χ0v) is 18.4. The predicted octanol–water partition coefficient (Wildman–Crippen LogP) is 6.80. The van der Waals surface area contributed by atoms with Crippen molar-refractivity contribution >= 4 is 44.7 Å². The Labute approximate surface area is 201 Å². The molecule has 1 heterocycles. The van der Waals surface area contributed by atoms with E-state index in [0.29, 0.717) is 0 Å². The molecule has 5 nitrogen and oxygen atoms in total. The van der Waals surface area contributed by atoms with Crippen LogP contribution in [0.15, 0.2) is 90.0 Å². The van der Waals surface area contributed by atoms with Crippen LogP contribution in [0.4, 0.5) is 0 Å². The molecular weight excluding hydrogens is 430 g/mol. The van der Waals surface area contributed by atoms with Crippen LogP contribution < -0.4 is 0 Å². The highest BCUT2D eigenvalue weighted by Gasteiger charge is 2.15. The Morgan fingerprint density at radius 3 is 1.63 bits per heavy atom. The van der Waals surface area contributed by atoms with Gasteiger partial charge in [0, 0.05) is 16.2 Å². The van der Waals surface area contributed by atoms with Crippen molar-refractivity contribution in [2.75, 3.05) is 0 Å². The van der Waals surface area contributed by atoms with E-state index in [9.17, 15) is 21.0 Å². The van der Waals surface area contributed by atoms with E-state index < -0.39 is 0 Å². The Morgan fingerprint density at radius 2 is 1.09 bits per heavy atom. The maximum absolute atomic E-state index is 9.19. The summed E-state index contributed by atoms with van der Waals surface area (Å²) in [5.74, 6) is 0. The molecule has 5 heteroatoms. The molecule has 0 saturated heterocycles. The molecule has 1 aromatic heterocycles. The number of nitriles is 4. The van der Waals surface area contributed by atoms with Crippen molar-refractivity contribution in [1.29, 1.82) is 21.0 Å². The van der Waals surface area contributed by atoms with Crippen molar-refractivity contribution in [3.05, 3.63) is 101 Å². The molecule has 0 fully saturated rings. The lowest BCUT2D eigenvalue weighted by Crippen LogP contribution is -1.95. The molecule has 160 valence electrons. The highest BCUT2D eigenvalue weighted by molar-refractivity contribution is 6.11. The fourth-order valence-electron chi connectivity index (χ4n) is 4.41. The Balaban J connectivity index is 1.88. The summed E-state index contributed by atoms with van der Waals surface area (Å²) < 4.78 is 2.19. The van der Waals surface area contributed by atoms with Gasteiger partial charge in [-0.1, -0.05) is 48.5 Å². The third kappa shape index (κ3) is 3.67. The quantitative estimate of drug-likeness (QED) is 0.285. The van der Waals surface area contributed by atoms with Crippen LogP contribution in [-0.2, 0) is 0 Å². The zero-order chi connectivity index (χ0) is 24.4. The van der Waals surface area contributed by atoms with Crippen LogP contribution >= 0.6 is 0 Å². The van der Waals surface area contributed by atoms with E-state index in [-0.39, 0.29) is 11.1 Å². The Kier molecular flexibility index (Phi) is 5.29. The van der Waals surface area contributed by atoms with E-state index in [1.807, 2.05) is 78.9 Å². The van der Waals surface area contributed by atoms with Crippen LogP contribution in [0.25, 0.3) is 50.4 Å². The maximum atomic E-state index is 9.19. The van der Waals surface area contributed by atoms with Gasteiger partial charge < -0.3 is 4.57 Å². The minimum absolute atomic E-state index is 0.0263. The minimum Gasteiger partial charge on any atom is -0.309 e. The van der Waals surface area contributed by atoms with Crippen molar-refractivity contribution in [2.24, 2.45) is 0 Å². The number of hydrogen-bond donors (Lipinski definition) is 0. The van der Waals surface area contributed by atoms with Crippen LogP contribution in [0.5, 0.6) is 0 Å². The third-order valence-corrected chi connectivity index (χ3v) is 5.92. The summed E-state index contributed by atoms with van der Waals surface area (Å²) in [6.07, 6.45) is 3.13. The first-order chi connectivity index (χ1) is 17.2. The number of aromatic nitrogens is 1. The number of nitrogens with zero attached hydrogens (tertiary/aromatic N) is 5. The second kappa shape index (κ2) is 8.73. The molecule has 0 amide bonds. The van der Waals surface area contributed by atoms with E-state index in [4.69, 9.17) is 0 Å². The Bertz CT molecular complexity index is 1750. The summed E-state index contributed by atoms with van der Waals surface area (Å²) in [6.45, 7) is 0. The third-order valence-electron chi connectivity index (χ3n) is 5.92. The summed E-state index contributed by atoms with van der Waals surface area (Å²) in [7, 11) is 0. The van der Waals surface area contributed by atoms with E-state index in [1.54, 1.807) is 12.2 Å². The number of benzene rings is 4. The van der Waals surface area contributed by atoms with Gasteiger partial charge in [0.15, 0.2) is 0 Å². The van der Waals surface area contributed by atoms with Gasteiger partial charge in [-0.2, -0.15) is 21.0 Å². The molecular formula is C30H15N5. The van der Waals surface area contributed by atoms with Crippen LogP contribution in [0.1, 0.15) is 11.1 Å². The van der Waals surface area contributed by atoms with Crippen molar-refractivity contribution in [3.63, 3.8) is 0 Å². The fraction of sp³-hybridized carbons (Fsp3) is 0. The number of rotatable bonds is 3. The fourth-order valence-corrected chi connectivity index (χ4v) is 4.41. The molecule has 0 aliphatic rings. The van der Waals surface area contributed by atoms with Crippen LogP contribution in [0.2, 0.25) is 0 Å². The molecule has 0 aliphatic carbocycles. The van der Waals surface area contributed by atoms with Gasteiger partial charge in [0.05, 0.1) is 16.7 Å². The molecule has 5 aromatic rings. The van der Waals surface area contributed by atoms with Crippen LogP contribution in [0, 0.1) is 45.3 Å². The Morgan fingerprint density at radius 1 is 0.571 bits per heavy atom. The van der Waals surface area contributed by atoms with E-state index >= 15 is 0 Å². The number of hydrogen-bond acceptors (Lipinski definition) is 4. The molecule has 35 heavy (non-hydrogen) atoms. The first-order valence-electron chi connectivity index (χ1n) is 10.8. The number of fused-ring (bicyclic) bond motifs is 4. The highest BCUT2D eigenvalue weighted by Crippen LogP contribution is 2.36. The summed E-state index contributed by atoms with van der Waals surface area (Å²) in [5.41, 5.74) is 4.49. The van der Waals surface area contributed by atoms with Crippen molar-refractivity contribution in [1.82, 2.24) is 4.57 Å². The number of allylic oxidation sites excluding steroid dienone is 2. The molecule has 5 rings (SSSR count). The van der Waals surface area contributed by atoms with Gasteiger partial charge >= 0.3 is 0 Å². The van der Waals surface area contributed by atoms with Gasteiger partial charge in [0.1, 0.15) is 35.4 Å².